The highest BCUT2D eigenvalue weighted by Crippen LogP contribution is 2.22. The Morgan fingerprint density at radius 3 is 2.93 bits per heavy atom. The van der Waals surface area contributed by atoms with Crippen molar-refractivity contribution in [1.82, 2.24) is 0 Å². The summed E-state index contributed by atoms with van der Waals surface area (Å²) in [6.07, 6.45) is 9.80. The van der Waals surface area contributed by atoms with Crippen molar-refractivity contribution in [3.63, 3.8) is 0 Å². The Labute approximate surface area is 84.6 Å². The van der Waals surface area contributed by atoms with Crippen molar-refractivity contribution in [3.05, 3.63) is 35.5 Å². The summed E-state index contributed by atoms with van der Waals surface area (Å²) in [6.45, 7) is 1.95. The van der Waals surface area contributed by atoms with E-state index in [1.807, 2.05) is 19.1 Å². The van der Waals surface area contributed by atoms with E-state index in [9.17, 15) is 4.79 Å². The quantitative estimate of drug-likeness (QED) is 0.696. The molecule has 0 aromatic rings. The molecular formula is C12H16O2. The third kappa shape index (κ3) is 2.96. The summed E-state index contributed by atoms with van der Waals surface area (Å²) in [5, 5.41) is 8.84. The number of carbonyl (C=O) groups is 1. The molecule has 0 radical (unpaired) electrons. The van der Waals surface area contributed by atoms with Gasteiger partial charge in [0.1, 0.15) is 0 Å². The Balaban J connectivity index is 2.88. The Bertz CT molecular complexity index is 295. The topological polar surface area (TPSA) is 37.3 Å². The number of allylic oxidation sites excluding steroid dienone is 5. The molecule has 2 heteroatoms. The minimum absolute atomic E-state index is 0.0191. The molecular weight excluding hydrogens is 176 g/mol. The van der Waals surface area contributed by atoms with Crippen LogP contribution in [-0.4, -0.2) is 17.5 Å². The standard InChI is InChI=1S/C12H16O2/c1-2-4-10(7-8-13)11-5-3-6-12(14)9-11/h2,4,7,9,13H,3,5-6,8H2,1H3/b4-2-,10-7+. The van der Waals surface area contributed by atoms with E-state index in [-0.39, 0.29) is 12.4 Å². The molecule has 2 nitrogen and oxygen atoms in total. The number of rotatable bonds is 3. The second-order valence-electron chi connectivity index (χ2n) is 3.33. The average molecular weight is 192 g/mol. The number of hydrogen-bond acceptors (Lipinski definition) is 2. The molecule has 0 aliphatic heterocycles. The Hall–Kier alpha value is -1.15. The van der Waals surface area contributed by atoms with Crippen molar-refractivity contribution in [2.45, 2.75) is 26.2 Å². The highest BCUT2D eigenvalue weighted by molar-refractivity contribution is 5.92. The van der Waals surface area contributed by atoms with E-state index < -0.39 is 0 Å². The lowest BCUT2D eigenvalue weighted by Crippen LogP contribution is -2.04. The summed E-state index contributed by atoms with van der Waals surface area (Å²) in [7, 11) is 0. The van der Waals surface area contributed by atoms with Crippen LogP contribution in [0.1, 0.15) is 26.2 Å². The molecule has 1 aliphatic carbocycles. The molecule has 0 aromatic carbocycles. The van der Waals surface area contributed by atoms with Crippen LogP contribution in [0.25, 0.3) is 0 Å². The van der Waals surface area contributed by atoms with Gasteiger partial charge in [0.05, 0.1) is 6.61 Å². The van der Waals surface area contributed by atoms with Crippen molar-refractivity contribution in [2.75, 3.05) is 6.61 Å². The summed E-state index contributed by atoms with van der Waals surface area (Å²) >= 11 is 0. The fourth-order valence-corrected chi connectivity index (χ4v) is 1.60. The molecule has 0 fully saturated rings. The highest BCUT2D eigenvalue weighted by Gasteiger charge is 2.11. The molecule has 0 bridgehead atoms. The molecule has 1 aliphatic rings. The van der Waals surface area contributed by atoms with Crippen LogP contribution in [0.15, 0.2) is 35.5 Å². The third-order valence-electron chi connectivity index (χ3n) is 2.23. The third-order valence-corrected chi connectivity index (χ3v) is 2.23. The molecule has 1 N–H and O–H groups in total. The summed E-state index contributed by atoms with van der Waals surface area (Å²) in [6, 6.07) is 0. The second-order valence-corrected chi connectivity index (χ2v) is 3.33. The summed E-state index contributed by atoms with van der Waals surface area (Å²) in [5.41, 5.74) is 2.02. The lowest BCUT2D eigenvalue weighted by atomic mass is 9.92. The van der Waals surface area contributed by atoms with Gasteiger partial charge < -0.3 is 5.11 Å². The Morgan fingerprint density at radius 2 is 2.36 bits per heavy atom. The fraction of sp³-hybridized carbons (Fsp3) is 0.417. The Kier molecular flexibility index (Phi) is 4.33. The average Bonchev–Trinajstić information content (AvgIpc) is 2.17. The largest absolute Gasteiger partial charge is 0.392 e. The SMILES string of the molecule is C/C=C\C(=C/CO)C1=CC(=O)CCC1. The highest BCUT2D eigenvalue weighted by atomic mass is 16.2. The number of aliphatic hydroxyl groups excluding tert-OH is 1. The first-order valence-electron chi connectivity index (χ1n) is 4.95. The van der Waals surface area contributed by atoms with Gasteiger partial charge in [-0.2, -0.15) is 0 Å². The Morgan fingerprint density at radius 1 is 1.57 bits per heavy atom. The number of aliphatic hydroxyl groups is 1. The van der Waals surface area contributed by atoms with Crippen molar-refractivity contribution < 1.29 is 9.90 Å². The van der Waals surface area contributed by atoms with E-state index >= 15 is 0 Å². The van der Waals surface area contributed by atoms with Crippen LogP contribution in [0.2, 0.25) is 0 Å². The molecule has 0 aromatic heterocycles. The van der Waals surface area contributed by atoms with Crippen LogP contribution in [0, 0.1) is 0 Å². The number of hydrogen-bond donors (Lipinski definition) is 1. The van der Waals surface area contributed by atoms with Crippen molar-refractivity contribution in [3.8, 4) is 0 Å². The van der Waals surface area contributed by atoms with Gasteiger partial charge in [-0.15, -0.1) is 0 Å². The molecule has 0 saturated carbocycles. The van der Waals surface area contributed by atoms with Crippen LogP contribution in [0.4, 0.5) is 0 Å². The molecule has 0 heterocycles. The summed E-state index contributed by atoms with van der Waals surface area (Å²) in [4.78, 5) is 11.2. The van der Waals surface area contributed by atoms with E-state index in [4.69, 9.17) is 5.11 Å². The lowest BCUT2D eigenvalue weighted by Gasteiger charge is -2.12. The van der Waals surface area contributed by atoms with E-state index in [0.29, 0.717) is 6.42 Å². The van der Waals surface area contributed by atoms with Gasteiger partial charge in [-0.25, -0.2) is 0 Å². The first-order chi connectivity index (χ1) is 6.77. The van der Waals surface area contributed by atoms with Gasteiger partial charge >= 0.3 is 0 Å². The summed E-state index contributed by atoms with van der Waals surface area (Å²) < 4.78 is 0. The molecule has 76 valence electrons. The zero-order chi connectivity index (χ0) is 10.4. The predicted molar refractivity (Wildman–Crippen MR) is 56.9 cm³/mol. The van der Waals surface area contributed by atoms with Gasteiger partial charge in [0.15, 0.2) is 5.78 Å². The number of carbonyl (C=O) groups excluding carboxylic acids is 1. The van der Waals surface area contributed by atoms with Gasteiger partial charge in [0.25, 0.3) is 0 Å². The molecule has 0 atom stereocenters. The van der Waals surface area contributed by atoms with Gasteiger partial charge in [-0.1, -0.05) is 18.2 Å². The van der Waals surface area contributed by atoms with Crippen molar-refractivity contribution in [2.24, 2.45) is 0 Å². The zero-order valence-corrected chi connectivity index (χ0v) is 8.49. The first kappa shape index (κ1) is 10.9. The molecule has 1 rings (SSSR count). The van der Waals surface area contributed by atoms with Gasteiger partial charge in [0.2, 0.25) is 0 Å². The molecule has 0 amide bonds. The molecule has 0 saturated heterocycles. The number of ketones is 1. The normalized spacial score (nSPS) is 18.9. The minimum Gasteiger partial charge on any atom is -0.392 e. The van der Waals surface area contributed by atoms with Crippen molar-refractivity contribution >= 4 is 5.78 Å². The van der Waals surface area contributed by atoms with Gasteiger partial charge in [-0.05, 0) is 37.0 Å². The maximum atomic E-state index is 11.2. The van der Waals surface area contributed by atoms with Crippen LogP contribution in [0.3, 0.4) is 0 Å². The maximum Gasteiger partial charge on any atom is 0.155 e. The monoisotopic (exact) mass is 192 g/mol. The van der Waals surface area contributed by atoms with Gasteiger partial charge in [-0.3, -0.25) is 4.79 Å². The second kappa shape index (κ2) is 5.55. The minimum atomic E-state index is 0.0191. The van der Waals surface area contributed by atoms with Crippen LogP contribution in [-0.2, 0) is 4.79 Å². The predicted octanol–water partition coefficient (Wildman–Crippen LogP) is 2.16. The van der Waals surface area contributed by atoms with Gasteiger partial charge in [0, 0.05) is 6.42 Å². The van der Waals surface area contributed by atoms with Crippen LogP contribution in [0.5, 0.6) is 0 Å². The van der Waals surface area contributed by atoms with Crippen LogP contribution < -0.4 is 0 Å². The van der Waals surface area contributed by atoms with E-state index in [1.165, 1.54) is 0 Å². The fourth-order valence-electron chi connectivity index (χ4n) is 1.60. The van der Waals surface area contributed by atoms with Crippen LogP contribution >= 0.6 is 0 Å². The summed E-state index contributed by atoms with van der Waals surface area (Å²) in [5.74, 6) is 0.194. The maximum absolute atomic E-state index is 11.2. The molecule has 0 unspecified atom stereocenters. The van der Waals surface area contributed by atoms with E-state index in [2.05, 4.69) is 0 Å². The zero-order valence-electron chi connectivity index (χ0n) is 8.49. The lowest BCUT2D eigenvalue weighted by molar-refractivity contribution is -0.115. The first-order valence-corrected chi connectivity index (χ1v) is 4.95. The van der Waals surface area contributed by atoms with Crippen molar-refractivity contribution in [1.29, 1.82) is 0 Å². The van der Waals surface area contributed by atoms with E-state index in [1.54, 1.807) is 12.2 Å². The van der Waals surface area contributed by atoms with E-state index in [0.717, 1.165) is 24.0 Å². The molecule has 14 heavy (non-hydrogen) atoms. The smallest absolute Gasteiger partial charge is 0.155 e. The molecule has 0 spiro atoms.